The fraction of sp³-hybridized carbons (Fsp3) is 0.250. The molecule has 0 radical (unpaired) electrons. The minimum Gasteiger partial charge on any atom is -0.494 e. The van der Waals surface area contributed by atoms with Gasteiger partial charge in [0.2, 0.25) is 0 Å². The van der Waals surface area contributed by atoms with E-state index in [0.717, 1.165) is 0 Å². The van der Waals surface area contributed by atoms with Crippen molar-refractivity contribution in [2.75, 3.05) is 6.61 Å². The van der Waals surface area contributed by atoms with Gasteiger partial charge in [-0.3, -0.25) is 0 Å². The van der Waals surface area contributed by atoms with E-state index in [1.807, 2.05) is 13.0 Å². The Bertz CT molecular complexity index is 278. The molecule has 0 atom stereocenters. The van der Waals surface area contributed by atoms with E-state index in [4.69, 9.17) is 10.00 Å². The van der Waals surface area contributed by atoms with Gasteiger partial charge in [0.15, 0.2) is 0 Å². The average Bonchev–Trinajstić information content (AvgIpc) is 2.06. The van der Waals surface area contributed by atoms with Crippen LogP contribution in [-0.2, 0) is 0 Å². The van der Waals surface area contributed by atoms with Crippen molar-refractivity contribution in [1.82, 2.24) is 4.98 Å². The van der Waals surface area contributed by atoms with Gasteiger partial charge in [0.25, 0.3) is 0 Å². The third-order valence-corrected chi connectivity index (χ3v) is 1.16. The van der Waals surface area contributed by atoms with Crippen molar-refractivity contribution in [2.24, 2.45) is 0 Å². The predicted octanol–water partition coefficient (Wildman–Crippen LogP) is 1.35. The number of rotatable bonds is 2. The third-order valence-electron chi connectivity index (χ3n) is 1.16. The standard InChI is InChI=1S/C8H8N2O/c1-2-11-8-3-4-10-7(5-8)6-9/h3-5H,2H2,1H3. The molecule has 0 aliphatic carbocycles. The van der Waals surface area contributed by atoms with Gasteiger partial charge < -0.3 is 4.74 Å². The summed E-state index contributed by atoms with van der Waals surface area (Å²) in [6, 6.07) is 5.28. The first-order valence-corrected chi connectivity index (χ1v) is 3.35. The number of pyridine rings is 1. The number of nitriles is 1. The van der Waals surface area contributed by atoms with Crippen molar-refractivity contribution in [3.05, 3.63) is 24.0 Å². The lowest BCUT2D eigenvalue weighted by atomic mass is 10.3. The van der Waals surface area contributed by atoms with Crippen molar-refractivity contribution in [3.63, 3.8) is 0 Å². The summed E-state index contributed by atoms with van der Waals surface area (Å²) in [7, 11) is 0. The van der Waals surface area contributed by atoms with Crippen LogP contribution in [0.4, 0.5) is 0 Å². The Labute approximate surface area is 65.3 Å². The molecule has 1 heterocycles. The van der Waals surface area contributed by atoms with Crippen LogP contribution in [0.15, 0.2) is 18.3 Å². The molecule has 0 aliphatic rings. The molecule has 0 amide bonds. The van der Waals surface area contributed by atoms with E-state index in [-0.39, 0.29) is 0 Å². The smallest absolute Gasteiger partial charge is 0.144 e. The fourth-order valence-electron chi connectivity index (χ4n) is 0.729. The van der Waals surface area contributed by atoms with E-state index in [0.29, 0.717) is 18.1 Å². The van der Waals surface area contributed by atoms with Crippen molar-refractivity contribution in [1.29, 1.82) is 5.26 Å². The average molecular weight is 148 g/mol. The highest BCUT2D eigenvalue weighted by Crippen LogP contribution is 2.09. The molecular formula is C8H8N2O. The molecule has 0 spiro atoms. The van der Waals surface area contributed by atoms with E-state index in [1.165, 1.54) is 0 Å². The van der Waals surface area contributed by atoms with Gasteiger partial charge in [0, 0.05) is 12.3 Å². The number of ether oxygens (including phenoxy) is 1. The minimum absolute atomic E-state index is 0.385. The number of nitrogens with zero attached hydrogens (tertiary/aromatic N) is 2. The first kappa shape index (κ1) is 7.55. The summed E-state index contributed by atoms with van der Waals surface area (Å²) < 4.78 is 5.16. The van der Waals surface area contributed by atoms with Crippen LogP contribution in [0.5, 0.6) is 5.75 Å². The minimum atomic E-state index is 0.385. The quantitative estimate of drug-likeness (QED) is 0.636. The fourth-order valence-corrected chi connectivity index (χ4v) is 0.729. The summed E-state index contributed by atoms with van der Waals surface area (Å²) in [5, 5.41) is 8.46. The van der Waals surface area contributed by atoms with E-state index in [2.05, 4.69) is 4.98 Å². The molecule has 3 nitrogen and oxygen atoms in total. The maximum absolute atomic E-state index is 8.46. The lowest BCUT2D eigenvalue weighted by molar-refractivity contribution is 0.340. The van der Waals surface area contributed by atoms with Crippen LogP contribution in [0.3, 0.4) is 0 Å². The van der Waals surface area contributed by atoms with Crippen LogP contribution in [0, 0.1) is 11.3 Å². The molecule has 0 saturated heterocycles. The monoisotopic (exact) mass is 148 g/mol. The molecule has 1 aromatic rings. The molecule has 0 bridgehead atoms. The molecule has 0 aliphatic heterocycles. The summed E-state index contributed by atoms with van der Waals surface area (Å²) in [5.41, 5.74) is 0.385. The Morgan fingerprint density at radius 1 is 1.73 bits per heavy atom. The first-order valence-electron chi connectivity index (χ1n) is 3.35. The first-order chi connectivity index (χ1) is 5.36. The molecule has 0 unspecified atom stereocenters. The van der Waals surface area contributed by atoms with Gasteiger partial charge in [0.05, 0.1) is 6.61 Å². The van der Waals surface area contributed by atoms with Crippen LogP contribution >= 0.6 is 0 Å². The molecule has 0 fully saturated rings. The molecule has 0 saturated carbocycles. The van der Waals surface area contributed by atoms with Crippen molar-refractivity contribution < 1.29 is 4.74 Å². The molecule has 56 valence electrons. The SMILES string of the molecule is CCOc1ccnc(C#N)c1. The molecule has 1 aromatic heterocycles. The second-order valence-electron chi connectivity index (χ2n) is 1.92. The van der Waals surface area contributed by atoms with Gasteiger partial charge in [-0.25, -0.2) is 4.98 Å². The maximum atomic E-state index is 8.46. The van der Waals surface area contributed by atoms with Crippen LogP contribution in [-0.4, -0.2) is 11.6 Å². The Kier molecular flexibility index (Phi) is 2.45. The molecule has 1 rings (SSSR count). The predicted molar refractivity (Wildman–Crippen MR) is 40.1 cm³/mol. The van der Waals surface area contributed by atoms with Crippen LogP contribution < -0.4 is 4.74 Å². The summed E-state index contributed by atoms with van der Waals surface area (Å²) in [6.07, 6.45) is 1.56. The second kappa shape index (κ2) is 3.57. The van der Waals surface area contributed by atoms with Gasteiger partial charge in [-0.15, -0.1) is 0 Å². The highest BCUT2D eigenvalue weighted by atomic mass is 16.5. The van der Waals surface area contributed by atoms with Gasteiger partial charge in [-0.2, -0.15) is 5.26 Å². The third kappa shape index (κ3) is 1.94. The highest BCUT2D eigenvalue weighted by Gasteiger charge is 1.94. The van der Waals surface area contributed by atoms with Crippen molar-refractivity contribution >= 4 is 0 Å². The summed E-state index contributed by atoms with van der Waals surface area (Å²) in [6.45, 7) is 2.50. The Morgan fingerprint density at radius 3 is 3.18 bits per heavy atom. The number of aromatic nitrogens is 1. The lowest BCUT2D eigenvalue weighted by Crippen LogP contribution is -1.92. The summed E-state index contributed by atoms with van der Waals surface area (Å²) >= 11 is 0. The number of hydrogen-bond acceptors (Lipinski definition) is 3. The van der Waals surface area contributed by atoms with Crippen molar-refractivity contribution in [2.45, 2.75) is 6.92 Å². The van der Waals surface area contributed by atoms with E-state index in [1.54, 1.807) is 18.3 Å². The zero-order chi connectivity index (χ0) is 8.10. The van der Waals surface area contributed by atoms with Gasteiger partial charge in [-0.1, -0.05) is 0 Å². The van der Waals surface area contributed by atoms with Crippen LogP contribution in [0.25, 0.3) is 0 Å². The molecule has 3 heteroatoms. The van der Waals surface area contributed by atoms with Crippen molar-refractivity contribution in [3.8, 4) is 11.8 Å². The Hall–Kier alpha value is -1.56. The number of hydrogen-bond donors (Lipinski definition) is 0. The molecule has 11 heavy (non-hydrogen) atoms. The lowest BCUT2D eigenvalue weighted by Gasteiger charge is -2.00. The van der Waals surface area contributed by atoms with Gasteiger partial charge in [-0.05, 0) is 13.0 Å². The van der Waals surface area contributed by atoms with Gasteiger partial charge in [0.1, 0.15) is 17.5 Å². The van der Waals surface area contributed by atoms with Crippen LogP contribution in [0.2, 0.25) is 0 Å². The second-order valence-corrected chi connectivity index (χ2v) is 1.92. The zero-order valence-corrected chi connectivity index (χ0v) is 6.24. The normalized spacial score (nSPS) is 8.73. The Morgan fingerprint density at radius 2 is 2.55 bits per heavy atom. The molecule has 0 N–H and O–H groups in total. The van der Waals surface area contributed by atoms with Crippen LogP contribution in [0.1, 0.15) is 12.6 Å². The zero-order valence-electron chi connectivity index (χ0n) is 6.24. The molecular weight excluding hydrogens is 140 g/mol. The largest absolute Gasteiger partial charge is 0.494 e. The maximum Gasteiger partial charge on any atom is 0.144 e. The highest BCUT2D eigenvalue weighted by molar-refractivity contribution is 5.29. The molecule has 0 aromatic carbocycles. The van der Waals surface area contributed by atoms with Gasteiger partial charge >= 0.3 is 0 Å². The Balaban J connectivity index is 2.85. The summed E-state index contributed by atoms with van der Waals surface area (Å²) in [4.78, 5) is 3.80. The van der Waals surface area contributed by atoms with E-state index < -0.39 is 0 Å². The van der Waals surface area contributed by atoms with E-state index in [9.17, 15) is 0 Å². The summed E-state index contributed by atoms with van der Waals surface area (Å²) in [5.74, 6) is 0.694. The topological polar surface area (TPSA) is 45.9 Å². The van der Waals surface area contributed by atoms with E-state index >= 15 is 0 Å².